The van der Waals surface area contributed by atoms with Crippen LogP contribution >= 0.6 is 0 Å². The van der Waals surface area contributed by atoms with Crippen molar-refractivity contribution >= 4 is 11.4 Å². The Morgan fingerprint density at radius 1 is 1.22 bits per heavy atom. The van der Waals surface area contributed by atoms with Crippen molar-refractivity contribution in [3.05, 3.63) is 41.0 Å². The Hall–Kier alpha value is -1.57. The molecule has 0 aromatic heterocycles. The van der Waals surface area contributed by atoms with Gasteiger partial charge < -0.3 is 5.32 Å². The van der Waals surface area contributed by atoms with Crippen LogP contribution in [0.2, 0.25) is 0 Å². The molecular formula is C16H20N2. The number of rotatable bonds is 2. The molecule has 0 amide bonds. The Bertz CT molecular complexity index is 512. The topological polar surface area (TPSA) is 24.4 Å². The predicted octanol–water partition coefficient (Wildman–Crippen LogP) is 3.19. The van der Waals surface area contributed by atoms with Crippen molar-refractivity contribution in [1.82, 2.24) is 5.32 Å². The smallest absolute Gasteiger partial charge is 0.100 e. The second kappa shape index (κ2) is 4.97. The van der Waals surface area contributed by atoms with E-state index in [9.17, 15) is 0 Å². The summed E-state index contributed by atoms with van der Waals surface area (Å²) in [5, 5.41) is 3.43. The molecule has 1 aromatic carbocycles. The lowest BCUT2D eigenvalue weighted by Crippen LogP contribution is -2.30. The Labute approximate surface area is 109 Å². The molecule has 2 nitrogen and oxygen atoms in total. The number of aliphatic imine (C=N–C) groups is 1. The minimum atomic E-state index is 0.991. The number of nitrogens with one attached hydrogen (secondary N) is 1. The van der Waals surface area contributed by atoms with Crippen molar-refractivity contribution in [2.24, 2.45) is 4.99 Å². The molecule has 1 aliphatic carbocycles. The normalized spacial score (nSPS) is 19.1. The van der Waals surface area contributed by atoms with E-state index in [1.165, 1.54) is 41.8 Å². The van der Waals surface area contributed by atoms with Crippen LogP contribution in [0, 0.1) is 0 Å². The highest BCUT2D eigenvalue weighted by Crippen LogP contribution is 2.32. The number of aryl methyl sites for hydroxylation is 1. The molecule has 1 aliphatic heterocycles. The molecule has 0 atom stereocenters. The van der Waals surface area contributed by atoms with E-state index in [4.69, 9.17) is 0 Å². The van der Waals surface area contributed by atoms with Gasteiger partial charge in [0, 0.05) is 19.5 Å². The Morgan fingerprint density at radius 2 is 2.11 bits per heavy atom. The fourth-order valence-electron chi connectivity index (χ4n) is 2.89. The quantitative estimate of drug-likeness (QED) is 0.843. The first kappa shape index (κ1) is 11.5. The molecule has 2 heteroatoms. The minimum absolute atomic E-state index is 0.991. The van der Waals surface area contributed by atoms with Crippen molar-refractivity contribution < 1.29 is 0 Å². The maximum Gasteiger partial charge on any atom is 0.100 e. The predicted molar refractivity (Wildman–Crippen MR) is 76.9 cm³/mol. The minimum Gasteiger partial charge on any atom is -0.374 e. The highest BCUT2D eigenvalue weighted by atomic mass is 15.0. The molecule has 0 bridgehead atoms. The summed E-state index contributed by atoms with van der Waals surface area (Å²) in [5.74, 6) is 1.19. The molecule has 3 rings (SSSR count). The van der Waals surface area contributed by atoms with Crippen molar-refractivity contribution in [2.75, 3.05) is 13.1 Å². The number of nitrogens with zero attached hydrogens (tertiary/aromatic N) is 1. The Kier molecular flexibility index (Phi) is 3.18. The van der Waals surface area contributed by atoms with Gasteiger partial charge >= 0.3 is 0 Å². The van der Waals surface area contributed by atoms with Gasteiger partial charge in [-0.15, -0.1) is 0 Å². The van der Waals surface area contributed by atoms with Crippen LogP contribution in [0.3, 0.4) is 0 Å². The van der Waals surface area contributed by atoms with Gasteiger partial charge in [0.2, 0.25) is 0 Å². The first-order valence-electron chi connectivity index (χ1n) is 6.88. The maximum absolute atomic E-state index is 4.59. The highest BCUT2D eigenvalue weighted by Gasteiger charge is 2.17. The number of fused-ring (bicyclic) bond motifs is 1. The van der Waals surface area contributed by atoms with Gasteiger partial charge in [-0.25, -0.2) is 0 Å². The van der Waals surface area contributed by atoms with Gasteiger partial charge in [0.25, 0.3) is 0 Å². The fraction of sp³-hybridized carbons (Fsp3) is 0.438. The van der Waals surface area contributed by atoms with Crippen LogP contribution < -0.4 is 5.32 Å². The average molecular weight is 240 g/mol. The van der Waals surface area contributed by atoms with Gasteiger partial charge in [0.15, 0.2) is 0 Å². The van der Waals surface area contributed by atoms with E-state index in [-0.39, 0.29) is 0 Å². The van der Waals surface area contributed by atoms with E-state index in [1.54, 1.807) is 5.57 Å². The van der Waals surface area contributed by atoms with Crippen LogP contribution in [0.1, 0.15) is 37.3 Å². The summed E-state index contributed by atoms with van der Waals surface area (Å²) in [7, 11) is 0. The van der Waals surface area contributed by atoms with Gasteiger partial charge in [-0.05, 0) is 42.9 Å². The largest absolute Gasteiger partial charge is 0.374 e. The fourth-order valence-corrected chi connectivity index (χ4v) is 2.89. The van der Waals surface area contributed by atoms with Crippen molar-refractivity contribution in [1.29, 1.82) is 0 Å². The number of amidine groups is 1. The van der Waals surface area contributed by atoms with Gasteiger partial charge in [0.1, 0.15) is 5.84 Å². The van der Waals surface area contributed by atoms with E-state index in [1.807, 2.05) is 0 Å². The maximum atomic E-state index is 4.59. The summed E-state index contributed by atoms with van der Waals surface area (Å²) in [6.45, 7) is 4.34. The van der Waals surface area contributed by atoms with Crippen molar-refractivity contribution in [2.45, 2.75) is 32.6 Å². The standard InChI is InChI=1S/C16H20N2/c1-12-14(11-16-17-9-4-10-18-16)8-7-13-5-2-3-6-15(12)13/h2-3,5-6H,4,7-11H2,1H3,(H,17,18). The van der Waals surface area contributed by atoms with Crippen LogP contribution in [0.5, 0.6) is 0 Å². The van der Waals surface area contributed by atoms with Crippen LogP contribution in [0.15, 0.2) is 34.8 Å². The van der Waals surface area contributed by atoms with Crippen LogP contribution in [-0.2, 0) is 6.42 Å². The number of hydrogen-bond donors (Lipinski definition) is 1. The molecule has 0 radical (unpaired) electrons. The van der Waals surface area contributed by atoms with E-state index in [0.717, 1.165) is 19.5 Å². The summed E-state index contributed by atoms with van der Waals surface area (Å²) < 4.78 is 0. The molecule has 2 aliphatic rings. The average Bonchev–Trinajstić information content (AvgIpc) is 2.43. The van der Waals surface area contributed by atoms with Gasteiger partial charge in [-0.2, -0.15) is 0 Å². The molecule has 0 unspecified atom stereocenters. The number of allylic oxidation sites excluding steroid dienone is 1. The van der Waals surface area contributed by atoms with E-state index < -0.39 is 0 Å². The number of benzene rings is 1. The molecule has 0 fully saturated rings. The first-order valence-corrected chi connectivity index (χ1v) is 6.88. The van der Waals surface area contributed by atoms with Crippen molar-refractivity contribution in [3.63, 3.8) is 0 Å². The van der Waals surface area contributed by atoms with E-state index in [2.05, 4.69) is 41.5 Å². The first-order chi connectivity index (χ1) is 8.84. The zero-order valence-electron chi connectivity index (χ0n) is 11.0. The molecule has 18 heavy (non-hydrogen) atoms. The zero-order valence-corrected chi connectivity index (χ0v) is 11.0. The number of hydrogen-bond acceptors (Lipinski definition) is 2. The summed E-state index contributed by atoms with van der Waals surface area (Å²) >= 11 is 0. The lowest BCUT2D eigenvalue weighted by atomic mass is 9.85. The highest BCUT2D eigenvalue weighted by molar-refractivity contribution is 5.87. The molecule has 0 saturated heterocycles. The van der Waals surface area contributed by atoms with Crippen molar-refractivity contribution in [3.8, 4) is 0 Å². The third-order valence-electron chi connectivity index (χ3n) is 4.00. The van der Waals surface area contributed by atoms with Gasteiger partial charge in [-0.1, -0.05) is 29.8 Å². The molecule has 0 saturated carbocycles. The Morgan fingerprint density at radius 3 is 2.94 bits per heavy atom. The summed E-state index contributed by atoms with van der Waals surface area (Å²) in [4.78, 5) is 4.59. The van der Waals surface area contributed by atoms with E-state index >= 15 is 0 Å². The molecule has 0 spiro atoms. The SMILES string of the molecule is CC1=C(CC2=NCCCN2)CCc2ccccc21. The second-order valence-electron chi connectivity index (χ2n) is 5.17. The van der Waals surface area contributed by atoms with Crippen LogP contribution in [0.4, 0.5) is 0 Å². The molecule has 1 aromatic rings. The van der Waals surface area contributed by atoms with Gasteiger partial charge in [0.05, 0.1) is 0 Å². The molecule has 1 N–H and O–H groups in total. The molecular weight excluding hydrogens is 220 g/mol. The van der Waals surface area contributed by atoms with Crippen LogP contribution in [0.25, 0.3) is 5.57 Å². The Balaban J connectivity index is 1.86. The summed E-state index contributed by atoms with van der Waals surface area (Å²) in [6.07, 6.45) is 4.55. The third kappa shape index (κ3) is 2.20. The lowest BCUT2D eigenvalue weighted by molar-refractivity contribution is 0.726. The lowest BCUT2D eigenvalue weighted by Gasteiger charge is -2.23. The molecule has 94 valence electrons. The summed E-state index contributed by atoms with van der Waals surface area (Å²) in [6, 6.07) is 8.79. The second-order valence-corrected chi connectivity index (χ2v) is 5.17. The summed E-state index contributed by atoms with van der Waals surface area (Å²) in [5.41, 5.74) is 5.96. The van der Waals surface area contributed by atoms with Crippen LogP contribution in [-0.4, -0.2) is 18.9 Å². The monoisotopic (exact) mass is 240 g/mol. The van der Waals surface area contributed by atoms with Gasteiger partial charge in [-0.3, -0.25) is 4.99 Å². The third-order valence-corrected chi connectivity index (χ3v) is 4.00. The molecule has 1 heterocycles. The van der Waals surface area contributed by atoms with E-state index in [0.29, 0.717) is 0 Å². The zero-order chi connectivity index (χ0) is 12.4.